The molecule has 0 spiro atoms. The second-order valence-corrected chi connectivity index (χ2v) is 16.8. The van der Waals surface area contributed by atoms with Gasteiger partial charge in [0.2, 0.25) is 5.91 Å². The number of ether oxygens (including phenoxy) is 1. The highest BCUT2D eigenvalue weighted by molar-refractivity contribution is 7.47. The molecule has 57 heavy (non-hydrogen) atoms. The summed E-state index contributed by atoms with van der Waals surface area (Å²) < 4.78 is 26.9. The van der Waals surface area contributed by atoms with Crippen LogP contribution in [0.1, 0.15) is 206 Å². The summed E-state index contributed by atoms with van der Waals surface area (Å²) in [7, 11) is -4.42. The molecule has 0 radical (unpaired) electrons. The number of rotatable bonds is 43. The van der Waals surface area contributed by atoms with Gasteiger partial charge in [0.1, 0.15) is 12.7 Å². The number of phosphoric acid groups is 1. The molecule has 0 aromatic rings. The van der Waals surface area contributed by atoms with Gasteiger partial charge in [0.05, 0.1) is 13.2 Å². The number of aliphatic hydroxyl groups is 1. The van der Waals surface area contributed by atoms with Gasteiger partial charge in [-0.3, -0.25) is 18.6 Å². The number of hydrogen-bond donors (Lipinski definition) is 3. The van der Waals surface area contributed by atoms with E-state index in [1.54, 1.807) is 0 Å². The van der Waals surface area contributed by atoms with Crippen molar-refractivity contribution in [1.29, 1.82) is 0 Å². The van der Waals surface area contributed by atoms with E-state index in [2.05, 4.69) is 67.8 Å². The van der Waals surface area contributed by atoms with E-state index in [0.29, 0.717) is 6.42 Å². The predicted molar refractivity (Wildman–Crippen MR) is 238 cm³/mol. The number of nitrogens with one attached hydrogen (secondary N) is 1. The van der Waals surface area contributed by atoms with Gasteiger partial charge in [0.15, 0.2) is 0 Å². The van der Waals surface area contributed by atoms with Crippen LogP contribution in [0.5, 0.6) is 0 Å². The first-order valence-corrected chi connectivity index (χ1v) is 24.6. The normalized spacial score (nSPS) is 13.7. The number of unbranched alkanes of at least 4 members (excludes halogenated alkanes) is 22. The first kappa shape index (κ1) is 55.0. The third-order valence-electron chi connectivity index (χ3n) is 9.73. The Morgan fingerprint density at radius 2 is 0.947 bits per heavy atom. The monoisotopic (exact) mass is 824 g/mol. The zero-order valence-electron chi connectivity index (χ0n) is 36.5. The van der Waals surface area contributed by atoms with Crippen molar-refractivity contribution in [2.75, 3.05) is 26.4 Å². The Balaban J connectivity index is 3.60. The van der Waals surface area contributed by atoms with E-state index in [9.17, 15) is 24.2 Å². The number of esters is 1. The van der Waals surface area contributed by atoms with E-state index < -0.39 is 26.5 Å². The molecule has 0 fully saturated rings. The second kappa shape index (κ2) is 43.5. The van der Waals surface area contributed by atoms with Gasteiger partial charge in [-0.05, 0) is 77.0 Å². The molecule has 0 aliphatic carbocycles. The van der Waals surface area contributed by atoms with Gasteiger partial charge >= 0.3 is 13.8 Å². The Morgan fingerprint density at radius 3 is 1.40 bits per heavy atom. The molecule has 332 valence electrons. The molecule has 2 unspecified atom stereocenters. The van der Waals surface area contributed by atoms with Crippen LogP contribution in [0.4, 0.5) is 0 Å². The van der Waals surface area contributed by atoms with Crippen LogP contribution >= 0.6 is 7.82 Å². The lowest BCUT2D eigenvalue weighted by Crippen LogP contribution is -2.27. The maximum atomic E-state index is 12.1. The highest BCUT2D eigenvalue weighted by Crippen LogP contribution is 2.42. The summed E-state index contributed by atoms with van der Waals surface area (Å²) in [6.07, 6.45) is 50.3. The molecule has 0 aliphatic rings. The molecule has 0 aliphatic heterocycles. The molecule has 0 bridgehead atoms. The van der Waals surface area contributed by atoms with E-state index >= 15 is 0 Å². The van der Waals surface area contributed by atoms with Crippen molar-refractivity contribution >= 4 is 19.7 Å². The van der Waals surface area contributed by atoms with Crippen LogP contribution in [0.15, 0.2) is 48.6 Å². The van der Waals surface area contributed by atoms with Crippen LogP contribution in [0.3, 0.4) is 0 Å². The van der Waals surface area contributed by atoms with Crippen molar-refractivity contribution in [1.82, 2.24) is 5.32 Å². The van der Waals surface area contributed by atoms with Crippen LogP contribution in [0, 0.1) is 0 Å². The zero-order chi connectivity index (χ0) is 41.8. The van der Waals surface area contributed by atoms with Gasteiger partial charge < -0.3 is 20.1 Å². The van der Waals surface area contributed by atoms with Crippen molar-refractivity contribution < 1.29 is 37.9 Å². The first-order chi connectivity index (χ1) is 27.8. The largest absolute Gasteiger partial charge is 0.472 e. The number of allylic oxidation sites excluding steroid dienone is 8. The molecule has 9 nitrogen and oxygen atoms in total. The fourth-order valence-electron chi connectivity index (χ4n) is 6.21. The standard InChI is InChI=1S/C47H86NO8P/c1-3-5-7-9-11-13-15-17-19-21-22-24-25-27-29-31-33-35-37-39-46(50)48-41-42-55-57(52,53)56-44-45(49)43-54-47(51)40-38-36-34-32-30-28-26-23-20-18-16-14-12-10-8-6-4-2/h11-14,17-20,45,49H,3-10,15-16,21-44H2,1-2H3,(H,48,50)(H,52,53)/b13-11-,14-12-,19-17-,20-18-. The summed E-state index contributed by atoms with van der Waals surface area (Å²) in [4.78, 5) is 34.0. The highest BCUT2D eigenvalue weighted by atomic mass is 31.2. The Morgan fingerprint density at radius 1 is 0.544 bits per heavy atom. The molecule has 2 atom stereocenters. The van der Waals surface area contributed by atoms with Crippen molar-refractivity contribution in [2.24, 2.45) is 0 Å². The molecule has 0 saturated carbocycles. The van der Waals surface area contributed by atoms with Crippen molar-refractivity contribution in [3.05, 3.63) is 48.6 Å². The lowest BCUT2D eigenvalue weighted by atomic mass is 10.1. The fraction of sp³-hybridized carbons (Fsp3) is 0.787. The number of carbonyl (C=O) groups excluding carboxylic acids is 2. The molecule has 0 saturated heterocycles. The zero-order valence-corrected chi connectivity index (χ0v) is 37.4. The van der Waals surface area contributed by atoms with Crippen LogP contribution in [0.2, 0.25) is 0 Å². The topological polar surface area (TPSA) is 131 Å². The summed E-state index contributed by atoms with van der Waals surface area (Å²) >= 11 is 0. The molecule has 3 N–H and O–H groups in total. The van der Waals surface area contributed by atoms with Crippen LogP contribution in [-0.4, -0.2) is 54.3 Å². The molecule has 0 rings (SSSR count). The average Bonchev–Trinajstić information content (AvgIpc) is 3.20. The van der Waals surface area contributed by atoms with Gasteiger partial charge in [-0.15, -0.1) is 0 Å². The second-order valence-electron chi connectivity index (χ2n) is 15.4. The summed E-state index contributed by atoms with van der Waals surface area (Å²) in [5.41, 5.74) is 0. The third-order valence-corrected chi connectivity index (χ3v) is 10.7. The van der Waals surface area contributed by atoms with Gasteiger partial charge in [0, 0.05) is 19.4 Å². The smallest absolute Gasteiger partial charge is 0.463 e. The van der Waals surface area contributed by atoms with Crippen LogP contribution in [0.25, 0.3) is 0 Å². The Bertz CT molecular complexity index is 1080. The molecule has 1 amide bonds. The summed E-state index contributed by atoms with van der Waals surface area (Å²) in [6.45, 7) is 3.50. The number of phosphoric ester groups is 1. The molecule has 0 heterocycles. The molecule has 0 aromatic heterocycles. The van der Waals surface area contributed by atoms with Gasteiger partial charge in [-0.2, -0.15) is 0 Å². The molecular formula is C47H86NO8P. The first-order valence-electron chi connectivity index (χ1n) is 23.1. The molecular weight excluding hydrogens is 737 g/mol. The van der Waals surface area contributed by atoms with E-state index in [1.165, 1.54) is 116 Å². The Kier molecular flexibility index (Phi) is 42.0. The van der Waals surface area contributed by atoms with Gasteiger partial charge in [-0.25, -0.2) is 4.57 Å². The SMILES string of the molecule is CCCCC/C=C\C/C=C\CCCCCCCCCCCC(=O)NCCOP(=O)(O)OCC(O)COC(=O)CCCCCCCCC/C=C\C/C=C\CCCCC. The van der Waals surface area contributed by atoms with E-state index in [0.717, 1.165) is 64.2 Å². The lowest BCUT2D eigenvalue weighted by molar-refractivity contribution is -0.147. The van der Waals surface area contributed by atoms with Crippen molar-refractivity contribution in [3.8, 4) is 0 Å². The number of hydrogen-bond acceptors (Lipinski definition) is 7. The van der Waals surface area contributed by atoms with Crippen LogP contribution < -0.4 is 5.32 Å². The molecule has 0 aromatic carbocycles. The number of aliphatic hydroxyl groups excluding tert-OH is 1. The van der Waals surface area contributed by atoms with Gasteiger partial charge in [0.25, 0.3) is 0 Å². The quantitative estimate of drug-likeness (QED) is 0.0240. The summed E-state index contributed by atoms with van der Waals surface area (Å²) in [6, 6.07) is 0. The van der Waals surface area contributed by atoms with E-state index in [-0.39, 0.29) is 32.1 Å². The highest BCUT2D eigenvalue weighted by Gasteiger charge is 2.23. The van der Waals surface area contributed by atoms with Crippen molar-refractivity contribution in [3.63, 3.8) is 0 Å². The number of amides is 1. The Labute approximate surface area is 349 Å². The maximum Gasteiger partial charge on any atom is 0.472 e. The average molecular weight is 824 g/mol. The van der Waals surface area contributed by atoms with Crippen LogP contribution in [-0.2, 0) is 27.9 Å². The lowest BCUT2D eigenvalue weighted by Gasteiger charge is -2.15. The predicted octanol–water partition coefficient (Wildman–Crippen LogP) is 13.1. The summed E-state index contributed by atoms with van der Waals surface area (Å²) in [5, 5.41) is 12.7. The van der Waals surface area contributed by atoms with Gasteiger partial charge in [-0.1, -0.05) is 165 Å². The maximum absolute atomic E-state index is 12.1. The Hall–Kier alpha value is -2.03. The molecule has 10 heteroatoms. The minimum absolute atomic E-state index is 0.0774. The summed E-state index contributed by atoms with van der Waals surface area (Å²) in [5.74, 6) is -0.527. The number of carbonyl (C=O) groups is 2. The van der Waals surface area contributed by atoms with E-state index in [4.69, 9.17) is 13.8 Å². The minimum atomic E-state index is -4.42. The fourth-order valence-corrected chi connectivity index (χ4v) is 6.96. The van der Waals surface area contributed by atoms with E-state index in [1.807, 2.05) is 0 Å². The van der Waals surface area contributed by atoms with Crippen molar-refractivity contribution in [2.45, 2.75) is 213 Å². The third kappa shape index (κ3) is 44.9. The minimum Gasteiger partial charge on any atom is -0.463 e.